The standard InChI is InChI=1S/C15H16N2O3/c1-2-19-11-4-6-12(7-5-11)20-14-8-3-10(15(17)18)9-13(14)16/h3-9H,2,16H2,1H3,(H2,17,18). The largest absolute Gasteiger partial charge is 0.494 e. The molecule has 0 unspecified atom stereocenters. The van der Waals surface area contributed by atoms with Crippen LogP contribution in [0.25, 0.3) is 0 Å². The van der Waals surface area contributed by atoms with Gasteiger partial charge in [0, 0.05) is 5.56 Å². The number of primary amides is 1. The number of anilines is 1. The zero-order chi connectivity index (χ0) is 14.5. The molecule has 0 aromatic heterocycles. The summed E-state index contributed by atoms with van der Waals surface area (Å²) >= 11 is 0. The van der Waals surface area contributed by atoms with Crippen molar-refractivity contribution in [2.75, 3.05) is 12.3 Å². The van der Waals surface area contributed by atoms with Crippen molar-refractivity contribution in [1.82, 2.24) is 0 Å². The number of hydrogen-bond acceptors (Lipinski definition) is 4. The highest BCUT2D eigenvalue weighted by molar-refractivity contribution is 5.94. The average molecular weight is 272 g/mol. The van der Waals surface area contributed by atoms with Gasteiger partial charge in [0.1, 0.15) is 17.2 Å². The molecule has 0 bridgehead atoms. The maximum Gasteiger partial charge on any atom is 0.248 e. The molecule has 0 heterocycles. The molecule has 0 saturated carbocycles. The van der Waals surface area contributed by atoms with Gasteiger partial charge in [0.25, 0.3) is 0 Å². The second-order valence-corrected chi connectivity index (χ2v) is 4.12. The van der Waals surface area contributed by atoms with E-state index in [2.05, 4.69) is 0 Å². The van der Waals surface area contributed by atoms with Crippen LogP contribution in [0, 0.1) is 0 Å². The number of amides is 1. The van der Waals surface area contributed by atoms with E-state index in [1.54, 1.807) is 24.3 Å². The Morgan fingerprint density at radius 2 is 1.75 bits per heavy atom. The van der Waals surface area contributed by atoms with E-state index in [1.165, 1.54) is 6.07 Å². The molecule has 20 heavy (non-hydrogen) atoms. The van der Waals surface area contributed by atoms with Crippen molar-refractivity contribution in [2.45, 2.75) is 6.92 Å². The van der Waals surface area contributed by atoms with Crippen LogP contribution in [0.5, 0.6) is 17.2 Å². The van der Waals surface area contributed by atoms with E-state index >= 15 is 0 Å². The molecule has 0 fully saturated rings. The molecule has 0 aliphatic rings. The first-order chi connectivity index (χ1) is 9.60. The van der Waals surface area contributed by atoms with Crippen molar-refractivity contribution in [3.8, 4) is 17.2 Å². The number of carbonyl (C=O) groups excluding carboxylic acids is 1. The summed E-state index contributed by atoms with van der Waals surface area (Å²) < 4.78 is 11.0. The van der Waals surface area contributed by atoms with Gasteiger partial charge in [-0.2, -0.15) is 0 Å². The summed E-state index contributed by atoms with van der Waals surface area (Å²) in [6.45, 7) is 2.53. The van der Waals surface area contributed by atoms with Crippen LogP contribution < -0.4 is 20.9 Å². The van der Waals surface area contributed by atoms with Crippen molar-refractivity contribution in [2.24, 2.45) is 5.73 Å². The first-order valence-corrected chi connectivity index (χ1v) is 6.20. The zero-order valence-corrected chi connectivity index (χ0v) is 11.1. The Labute approximate surface area is 117 Å². The maximum absolute atomic E-state index is 11.0. The Kier molecular flexibility index (Phi) is 4.10. The maximum atomic E-state index is 11.0. The minimum absolute atomic E-state index is 0.349. The summed E-state index contributed by atoms with van der Waals surface area (Å²) in [4.78, 5) is 11.0. The molecule has 0 saturated heterocycles. The summed E-state index contributed by atoms with van der Waals surface area (Å²) in [5, 5.41) is 0. The number of nitrogen functional groups attached to an aromatic ring is 1. The highest BCUT2D eigenvalue weighted by Crippen LogP contribution is 2.29. The Bertz CT molecular complexity index is 609. The molecule has 0 aliphatic heterocycles. The number of hydrogen-bond donors (Lipinski definition) is 2. The number of rotatable bonds is 5. The van der Waals surface area contributed by atoms with Gasteiger partial charge in [-0.1, -0.05) is 0 Å². The van der Waals surface area contributed by atoms with Gasteiger partial charge in [-0.05, 0) is 49.4 Å². The molecule has 104 valence electrons. The Morgan fingerprint density at radius 3 is 2.30 bits per heavy atom. The minimum atomic E-state index is -0.524. The van der Waals surface area contributed by atoms with Gasteiger partial charge in [-0.15, -0.1) is 0 Å². The molecule has 0 atom stereocenters. The third kappa shape index (κ3) is 3.20. The molecule has 2 aromatic carbocycles. The number of ether oxygens (including phenoxy) is 2. The lowest BCUT2D eigenvalue weighted by molar-refractivity contribution is 0.100. The molecular weight excluding hydrogens is 256 g/mol. The normalized spacial score (nSPS) is 10.1. The Balaban J connectivity index is 2.15. The molecule has 2 aromatic rings. The van der Waals surface area contributed by atoms with Crippen molar-refractivity contribution in [1.29, 1.82) is 0 Å². The van der Waals surface area contributed by atoms with Crippen LogP contribution in [0.15, 0.2) is 42.5 Å². The molecule has 0 spiro atoms. The lowest BCUT2D eigenvalue weighted by atomic mass is 10.2. The second-order valence-electron chi connectivity index (χ2n) is 4.12. The van der Waals surface area contributed by atoms with Gasteiger partial charge in [0.2, 0.25) is 5.91 Å². The smallest absolute Gasteiger partial charge is 0.248 e. The molecule has 5 heteroatoms. The predicted molar refractivity (Wildman–Crippen MR) is 77.1 cm³/mol. The summed E-state index contributed by atoms with van der Waals surface area (Å²) in [6.07, 6.45) is 0. The number of benzene rings is 2. The number of nitrogens with two attached hydrogens (primary N) is 2. The van der Waals surface area contributed by atoms with Crippen LogP contribution in [0.2, 0.25) is 0 Å². The lowest BCUT2D eigenvalue weighted by Gasteiger charge is -2.10. The first-order valence-electron chi connectivity index (χ1n) is 6.20. The van der Waals surface area contributed by atoms with Gasteiger partial charge in [-0.3, -0.25) is 4.79 Å². The minimum Gasteiger partial charge on any atom is -0.494 e. The van der Waals surface area contributed by atoms with Crippen molar-refractivity contribution in [3.63, 3.8) is 0 Å². The van der Waals surface area contributed by atoms with E-state index in [1.807, 2.05) is 19.1 Å². The van der Waals surface area contributed by atoms with Crippen LogP contribution >= 0.6 is 0 Å². The molecule has 1 amide bonds. The van der Waals surface area contributed by atoms with Crippen LogP contribution in [0.3, 0.4) is 0 Å². The monoisotopic (exact) mass is 272 g/mol. The fourth-order valence-electron chi connectivity index (χ4n) is 1.69. The summed E-state index contributed by atoms with van der Waals surface area (Å²) in [7, 11) is 0. The van der Waals surface area contributed by atoms with Crippen molar-refractivity contribution >= 4 is 11.6 Å². The van der Waals surface area contributed by atoms with E-state index in [0.29, 0.717) is 29.4 Å². The van der Waals surface area contributed by atoms with Crippen LogP contribution in [-0.2, 0) is 0 Å². The fraction of sp³-hybridized carbons (Fsp3) is 0.133. The molecule has 2 rings (SSSR count). The van der Waals surface area contributed by atoms with E-state index < -0.39 is 5.91 Å². The van der Waals surface area contributed by atoms with E-state index in [-0.39, 0.29) is 0 Å². The first kappa shape index (κ1) is 13.7. The topological polar surface area (TPSA) is 87.6 Å². The highest BCUT2D eigenvalue weighted by Gasteiger charge is 2.07. The summed E-state index contributed by atoms with van der Waals surface area (Å²) in [5.74, 6) is 1.35. The highest BCUT2D eigenvalue weighted by atomic mass is 16.5. The Morgan fingerprint density at radius 1 is 1.10 bits per heavy atom. The van der Waals surface area contributed by atoms with E-state index in [0.717, 1.165) is 5.75 Å². The summed E-state index contributed by atoms with van der Waals surface area (Å²) in [6, 6.07) is 11.9. The molecule has 5 nitrogen and oxygen atoms in total. The van der Waals surface area contributed by atoms with Gasteiger partial charge in [0.15, 0.2) is 0 Å². The van der Waals surface area contributed by atoms with Gasteiger partial charge in [-0.25, -0.2) is 0 Å². The van der Waals surface area contributed by atoms with Crippen molar-refractivity contribution in [3.05, 3.63) is 48.0 Å². The van der Waals surface area contributed by atoms with Gasteiger partial charge < -0.3 is 20.9 Å². The van der Waals surface area contributed by atoms with Crippen LogP contribution in [0.4, 0.5) is 5.69 Å². The van der Waals surface area contributed by atoms with Crippen molar-refractivity contribution < 1.29 is 14.3 Å². The zero-order valence-electron chi connectivity index (χ0n) is 11.1. The van der Waals surface area contributed by atoms with E-state index in [9.17, 15) is 4.79 Å². The van der Waals surface area contributed by atoms with Crippen LogP contribution in [-0.4, -0.2) is 12.5 Å². The number of carbonyl (C=O) groups is 1. The fourth-order valence-corrected chi connectivity index (χ4v) is 1.69. The molecular formula is C15H16N2O3. The van der Waals surface area contributed by atoms with Gasteiger partial charge >= 0.3 is 0 Å². The SMILES string of the molecule is CCOc1ccc(Oc2ccc(C(N)=O)cc2N)cc1. The molecule has 0 radical (unpaired) electrons. The predicted octanol–water partition coefficient (Wildman–Crippen LogP) is 2.56. The second kappa shape index (κ2) is 5.97. The lowest BCUT2D eigenvalue weighted by Crippen LogP contribution is -2.11. The average Bonchev–Trinajstić information content (AvgIpc) is 2.43. The molecule has 4 N–H and O–H groups in total. The third-order valence-electron chi connectivity index (χ3n) is 2.66. The van der Waals surface area contributed by atoms with E-state index in [4.69, 9.17) is 20.9 Å². The quantitative estimate of drug-likeness (QED) is 0.819. The van der Waals surface area contributed by atoms with Gasteiger partial charge in [0.05, 0.1) is 12.3 Å². The summed E-state index contributed by atoms with van der Waals surface area (Å²) in [5.41, 5.74) is 11.7. The molecule has 0 aliphatic carbocycles. The Hall–Kier alpha value is -2.69. The third-order valence-corrected chi connectivity index (χ3v) is 2.66. The van der Waals surface area contributed by atoms with Crippen LogP contribution in [0.1, 0.15) is 17.3 Å².